The summed E-state index contributed by atoms with van der Waals surface area (Å²) in [4.78, 5) is 27.7. The quantitative estimate of drug-likeness (QED) is 0.604. The van der Waals surface area contributed by atoms with Crippen LogP contribution < -0.4 is 10.4 Å². The molecule has 4 heterocycles. The lowest BCUT2D eigenvalue weighted by molar-refractivity contribution is 0.0190. The van der Waals surface area contributed by atoms with E-state index in [2.05, 4.69) is 0 Å². The van der Waals surface area contributed by atoms with Gasteiger partial charge in [-0.15, -0.1) is 0 Å². The van der Waals surface area contributed by atoms with Crippen molar-refractivity contribution in [3.8, 4) is 5.75 Å². The number of benzene rings is 2. The smallest absolute Gasteiger partial charge is 0.278 e. The molecule has 2 fully saturated rings. The van der Waals surface area contributed by atoms with Crippen molar-refractivity contribution in [3.63, 3.8) is 0 Å². The van der Waals surface area contributed by atoms with Crippen LogP contribution in [-0.4, -0.2) is 46.5 Å². The lowest BCUT2D eigenvalue weighted by atomic mass is 9.79. The Morgan fingerprint density at radius 2 is 1.72 bits per heavy atom. The van der Waals surface area contributed by atoms with E-state index in [1.165, 1.54) is 23.0 Å². The number of rotatable bonds is 3. The first-order valence-electron chi connectivity index (χ1n) is 12.0. The van der Waals surface area contributed by atoms with Crippen LogP contribution in [0.4, 0.5) is 8.78 Å². The molecule has 0 saturated carbocycles. The maximum absolute atomic E-state index is 14.5. The van der Waals surface area contributed by atoms with Gasteiger partial charge in [-0.25, -0.2) is 8.78 Å². The van der Waals surface area contributed by atoms with Gasteiger partial charge in [0.25, 0.3) is 5.91 Å². The van der Waals surface area contributed by atoms with E-state index in [1.807, 2.05) is 35.3 Å². The van der Waals surface area contributed by atoms with E-state index < -0.39 is 40.9 Å². The first-order valence-corrected chi connectivity index (χ1v) is 12.0. The lowest BCUT2D eigenvalue weighted by Gasteiger charge is -2.47. The highest BCUT2D eigenvalue weighted by molar-refractivity contribution is 5.96. The van der Waals surface area contributed by atoms with Gasteiger partial charge in [0.1, 0.15) is 6.17 Å². The van der Waals surface area contributed by atoms with Gasteiger partial charge in [0, 0.05) is 32.0 Å². The summed E-state index contributed by atoms with van der Waals surface area (Å²) in [6.07, 6.45) is 3.23. The SMILES string of the molecule is O=C1c2c(O)c(=O)ccn2N(C(c2ccccc2)c2ccc(F)c(F)c2)C2CC3(CCOCC3)CN12. The highest BCUT2D eigenvalue weighted by atomic mass is 19.2. The minimum Gasteiger partial charge on any atom is -0.502 e. The summed E-state index contributed by atoms with van der Waals surface area (Å²) in [5.74, 6) is -2.98. The Balaban J connectivity index is 1.58. The molecule has 186 valence electrons. The zero-order valence-electron chi connectivity index (χ0n) is 19.4. The number of carbonyl (C=O) groups excluding carboxylic acids is 1. The summed E-state index contributed by atoms with van der Waals surface area (Å²) >= 11 is 0. The van der Waals surface area contributed by atoms with Crippen LogP contribution in [0.25, 0.3) is 0 Å². The third-order valence-electron chi connectivity index (χ3n) is 7.75. The minimum atomic E-state index is -0.978. The average Bonchev–Trinajstić information content (AvgIpc) is 3.25. The number of ether oxygens (including phenoxy) is 1. The molecule has 2 saturated heterocycles. The Kier molecular flexibility index (Phi) is 5.33. The van der Waals surface area contributed by atoms with Crippen molar-refractivity contribution in [3.05, 3.63) is 99.5 Å². The van der Waals surface area contributed by atoms with Crippen LogP contribution in [-0.2, 0) is 4.74 Å². The molecule has 36 heavy (non-hydrogen) atoms. The molecule has 3 aromatic rings. The fourth-order valence-corrected chi connectivity index (χ4v) is 5.94. The molecular weight excluding hydrogens is 468 g/mol. The number of pyridine rings is 1. The van der Waals surface area contributed by atoms with Crippen molar-refractivity contribution in [2.75, 3.05) is 24.8 Å². The predicted molar refractivity (Wildman–Crippen MR) is 127 cm³/mol. The molecule has 2 atom stereocenters. The molecule has 3 aliphatic rings. The molecule has 0 aliphatic carbocycles. The van der Waals surface area contributed by atoms with Gasteiger partial charge in [-0.05, 0) is 47.9 Å². The van der Waals surface area contributed by atoms with Crippen molar-refractivity contribution >= 4 is 5.91 Å². The number of amides is 1. The summed E-state index contributed by atoms with van der Waals surface area (Å²) in [5.41, 5.74) is 0.301. The Hall–Kier alpha value is -3.72. The fraction of sp³-hybridized carbons (Fsp3) is 0.333. The average molecular weight is 494 g/mol. The normalized spacial score (nSPS) is 21.4. The van der Waals surface area contributed by atoms with Gasteiger partial charge in [0.2, 0.25) is 5.43 Å². The summed E-state index contributed by atoms with van der Waals surface area (Å²) < 4.78 is 35.5. The predicted octanol–water partition coefficient (Wildman–Crippen LogP) is 3.54. The molecule has 1 aromatic heterocycles. The standard InChI is InChI=1S/C27H25F2N3O4/c28-19-7-6-18(14-20(19)29)23(17-4-2-1-3-5-17)32-22-15-27(9-12-36-13-10-27)16-30(22)26(35)24-25(34)21(33)8-11-31(24)32/h1-8,11,14,22-23,34H,9-10,12-13,15-16H2. The van der Waals surface area contributed by atoms with Crippen LogP contribution >= 0.6 is 0 Å². The molecule has 2 aromatic carbocycles. The van der Waals surface area contributed by atoms with Crippen molar-refractivity contribution in [1.29, 1.82) is 0 Å². The van der Waals surface area contributed by atoms with Crippen LogP contribution in [0.1, 0.15) is 46.9 Å². The second-order valence-corrected chi connectivity index (χ2v) is 9.82. The molecule has 0 radical (unpaired) electrons. The Labute approximate surface area is 206 Å². The number of halogens is 2. The van der Waals surface area contributed by atoms with Crippen LogP contribution in [0.2, 0.25) is 0 Å². The molecule has 1 N–H and O–H groups in total. The van der Waals surface area contributed by atoms with E-state index in [-0.39, 0.29) is 11.1 Å². The Morgan fingerprint density at radius 3 is 2.44 bits per heavy atom. The molecule has 2 unspecified atom stereocenters. The third-order valence-corrected chi connectivity index (χ3v) is 7.75. The van der Waals surface area contributed by atoms with Crippen molar-refractivity contribution < 1.29 is 23.4 Å². The largest absolute Gasteiger partial charge is 0.502 e. The highest BCUT2D eigenvalue weighted by Crippen LogP contribution is 2.48. The maximum atomic E-state index is 14.5. The van der Waals surface area contributed by atoms with Crippen molar-refractivity contribution in [1.82, 2.24) is 9.58 Å². The van der Waals surface area contributed by atoms with Crippen molar-refractivity contribution in [2.45, 2.75) is 31.5 Å². The molecule has 6 rings (SSSR count). The van der Waals surface area contributed by atoms with E-state index in [0.29, 0.717) is 31.7 Å². The van der Waals surface area contributed by atoms with Gasteiger partial charge in [0.15, 0.2) is 23.1 Å². The highest BCUT2D eigenvalue weighted by Gasteiger charge is 2.53. The number of nitrogens with zero attached hydrogens (tertiary/aromatic N) is 3. The van der Waals surface area contributed by atoms with Crippen LogP contribution in [0.5, 0.6) is 5.75 Å². The second-order valence-electron chi connectivity index (χ2n) is 9.82. The topological polar surface area (TPSA) is 75.0 Å². The Bertz CT molecular complexity index is 1390. The summed E-state index contributed by atoms with van der Waals surface area (Å²) in [7, 11) is 0. The molecule has 7 nitrogen and oxygen atoms in total. The van der Waals surface area contributed by atoms with E-state index in [1.54, 1.807) is 4.90 Å². The molecule has 1 spiro atoms. The van der Waals surface area contributed by atoms with E-state index in [0.717, 1.165) is 30.5 Å². The zero-order chi connectivity index (χ0) is 25.0. The molecule has 1 amide bonds. The third kappa shape index (κ3) is 3.49. The second kappa shape index (κ2) is 8.44. The van der Waals surface area contributed by atoms with Gasteiger partial charge in [-0.3, -0.25) is 19.3 Å². The number of aromatic nitrogens is 1. The monoisotopic (exact) mass is 493 g/mol. The van der Waals surface area contributed by atoms with Gasteiger partial charge in [-0.1, -0.05) is 36.4 Å². The number of hydrogen-bond donors (Lipinski definition) is 1. The molecule has 3 aliphatic heterocycles. The van der Waals surface area contributed by atoms with E-state index in [9.17, 15) is 23.5 Å². The minimum absolute atomic E-state index is 0.133. The first kappa shape index (κ1) is 22.7. The van der Waals surface area contributed by atoms with Crippen LogP contribution in [0, 0.1) is 17.0 Å². The summed E-state index contributed by atoms with van der Waals surface area (Å²) in [6, 6.07) is 13.7. The zero-order valence-corrected chi connectivity index (χ0v) is 19.4. The van der Waals surface area contributed by atoms with Gasteiger partial charge < -0.3 is 14.7 Å². The van der Waals surface area contributed by atoms with Gasteiger partial charge in [-0.2, -0.15) is 0 Å². The summed E-state index contributed by atoms with van der Waals surface area (Å²) in [6.45, 7) is 1.64. The number of fused-ring (bicyclic) bond motifs is 2. The fourth-order valence-electron chi connectivity index (χ4n) is 5.94. The first-order chi connectivity index (χ1) is 17.4. The Morgan fingerprint density at radius 1 is 0.972 bits per heavy atom. The number of carbonyl (C=O) groups is 1. The van der Waals surface area contributed by atoms with Crippen LogP contribution in [0.3, 0.4) is 0 Å². The van der Waals surface area contributed by atoms with Gasteiger partial charge >= 0.3 is 0 Å². The van der Waals surface area contributed by atoms with Crippen LogP contribution in [0.15, 0.2) is 65.6 Å². The van der Waals surface area contributed by atoms with Crippen molar-refractivity contribution in [2.24, 2.45) is 5.41 Å². The maximum Gasteiger partial charge on any atom is 0.278 e. The van der Waals surface area contributed by atoms with E-state index >= 15 is 0 Å². The molecule has 0 bridgehead atoms. The number of aromatic hydroxyl groups is 1. The molecular formula is C27H25F2N3O4. The lowest BCUT2D eigenvalue weighted by Crippen LogP contribution is -2.60. The van der Waals surface area contributed by atoms with Gasteiger partial charge in [0.05, 0.1) is 6.04 Å². The summed E-state index contributed by atoms with van der Waals surface area (Å²) in [5, 5.41) is 12.6. The van der Waals surface area contributed by atoms with E-state index in [4.69, 9.17) is 4.74 Å². The number of hydrogen-bond acceptors (Lipinski definition) is 5. The molecule has 9 heteroatoms.